The molecule has 34 heavy (non-hydrogen) atoms. The number of hydrogen-bond donors (Lipinski definition) is 0. The number of aromatic nitrogens is 3. The first-order chi connectivity index (χ1) is 16.5. The molecule has 0 unspecified atom stereocenters. The molecule has 6 nitrogen and oxygen atoms in total. The Morgan fingerprint density at radius 2 is 1.68 bits per heavy atom. The van der Waals surface area contributed by atoms with Crippen molar-refractivity contribution < 1.29 is 9.53 Å². The Hall–Kier alpha value is -3.67. The maximum atomic E-state index is 13.2. The van der Waals surface area contributed by atoms with Crippen molar-refractivity contribution in [2.24, 2.45) is 0 Å². The minimum absolute atomic E-state index is 0.0774. The van der Waals surface area contributed by atoms with Crippen LogP contribution in [0.5, 0.6) is 5.75 Å². The van der Waals surface area contributed by atoms with Gasteiger partial charge in [-0.25, -0.2) is 9.50 Å². The summed E-state index contributed by atoms with van der Waals surface area (Å²) in [5, 5.41) is 4.92. The average Bonchev–Trinajstić information content (AvgIpc) is 3.23. The lowest BCUT2D eigenvalue weighted by atomic mass is 10.0. The molecule has 0 saturated heterocycles. The second kappa shape index (κ2) is 10.5. The van der Waals surface area contributed by atoms with Crippen LogP contribution in [0, 0.1) is 6.92 Å². The molecule has 0 atom stereocenters. The molecule has 0 spiro atoms. The van der Waals surface area contributed by atoms with Crippen molar-refractivity contribution in [1.29, 1.82) is 0 Å². The van der Waals surface area contributed by atoms with Crippen molar-refractivity contribution >= 4 is 11.6 Å². The lowest BCUT2D eigenvalue weighted by Crippen LogP contribution is -2.31. The van der Waals surface area contributed by atoms with Crippen molar-refractivity contribution in [1.82, 2.24) is 19.5 Å². The number of nitrogens with zero attached hydrogens (tertiary/aromatic N) is 4. The monoisotopic (exact) mass is 456 g/mol. The number of ether oxygens (including phenoxy) is 1. The Morgan fingerprint density at radius 3 is 2.32 bits per heavy atom. The van der Waals surface area contributed by atoms with Crippen LogP contribution in [0.3, 0.4) is 0 Å². The molecular formula is C28H32N4O2. The van der Waals surface area contributed by atoms with E-state index in [2.05, 4.69) is 6.92 Å². The van der Waals surface area contributed by atoms with Crippen molar-refractivity contribution in [2.75, 3.05) is 19.7 Å². The van der Waals surface area contributed by atoms with Gasteiger partial charge in [-0.3, -0.25) is 4.79 Å². The molecule has 0 N–H and O–H groups in total. The highest BCUT2D eigenvalue weighted by atomic mass is 16.5. The molecule has 0 aliphatic carbocycles. The van der Waals surface area contributed by atoms with E-state index < -0.39 is 0 Å². The Balaban J connectivity index is 1.85. The molecule has 6 heteroatoms. The zero-order valence-corrected chi connectivity index (χ0v) is 20.4. The number of aryl methyl sites for hydroxylation is 1. The van der Waals surface area contributed by atoms with E-state index in [1.165, 1.54) is 0 Å². The SMILES string of the molecule is CCCOc1ccc(-c2nn3c(C)cc(-c4ccccc4)nc3c2CC(=O)N(CC)CC)cc1. The van der Waals surface area contributed by atoms with E-state index in [4.69, 9.17) is 14.8 Å². The normalized spacial score (nSPS) is 11.1. The van der Waals surface area contributed by atoms with Crippen molar-refractivity contribution in [3.8, 4) is 28.3 Å². The summed E-state index contributed by atoms with van der Waals surface area (Å²) in [5.41, 5.74) is 6.17. The van der Waals surface area contributed by atoms with Crippen LogP contribution in [0.2, 0.25) is 0 Å². The van der Waals surface area contributed by atoms with Crippen molar-refractivity contribution in [3.63, 3.8) is 0 Å². The van der Waals surface area contributed by atoms with Gasteiger partial charge in [-0.05, 0) is 57.5 Å². The lowest BCUT2D eigenvalue weighted by molar-refractivity contribution is -0.130. The van der Waals surface area contributed by atoms with Crippen LogP contribution in [0.1, 0.15) is 38.4 Å². The van der Waals surface area contributed by atoms with Crippen LogP contribution in [0.25, 0.3) is 28.2 Å². The summed E-state index contributed by atoms with van der Waals surface area (Å²) < 4.78 is 7.60. The van der Waals surface area contributed by atoms with Gasteiger partial charge < -0.3 is 9.64 Å². The molecule has 2 aromatic heterocycles. The van der Waals surface area contributed by atoms with Gasteiger partial charge in [0.05, 0.1) is 24.4 Å². The highest BCUT2D eigenvalue weighted by molar-refractivity contribution is 5.85. The van der Waals surface area contributed by atoms with E-state index in [0.29, 0.717) is 19.7 Å². The van der Waals surface area contributed by atoms with Gasteiger partial charge in [-0.1, -0.05) is 37.3 Å². The van der Waals surface area contributed by atoms with Crippen LogP contribution < -0.4 is 4.74 Å². The van der Waals surface area contributed by atoms with Gasteiger partial charge in [0.2, 0.25) is 5.91 Å². The maximum Gasteiger partial charge on any atom is 0.227 e. The summed E-state index contributed by atoms with van der Waals surface area (Å²) in [4.78, 5) is 20.0. The summed E-state index contributed by atoms with van der Waals surface area (Å²) in [6.07, 6.45) is 1.21. The Morgan fingerprint density at radius 1 is 0.971 bits per heavy atom. The molecule has 176 valence electrons. The number of carbonyl (C=O) groups is 1. The van der Waals surface area contributed by atoms with Crippen LogP contribution in [0.4, 0.5) is 0 Å². The van der Waals surface area contributed by atoms with Gasteiger partial charge in [0.15, 0.2) is 5.65 Å². The molecule has 0 radical (unpaired) electrons. The first kappa shape index (κ1) is 23.5. The van der Waals surface area contributed by atoms with E-state index in [9.17, 15) is 4.79 Å². The van der Waals surface area contributed by atoms with E-state index in [0.717, 1.165) is 51.6 Å². The van der Waals surface area contributed by atoms with Gasteiger partial charge in [0, 0.05) is 35.5 Å². The van der Waals surface area contributed by atoms with Crippen LogP contribution >= 0.6 is 0 Å². The molecule has 0 aliphatic heterocycles. The highest BCUT2D eigenvalue weighted by Crippen LogP contribution is 2.30. The standard InChI is InChI=1S/C28H32N4O2/c1-5-17-34-23-15-13-22(14-16-23)27-24(19-26(33)31(6-2)7-3)28-29-25(18-20(4)32(28)30-27)21-11-9-8-10-12-21/h8-16,18H,5-7,17,19H2,1-4H3. The van der Waals surface area contributed by atoms with E-state index in [1.54, 1.807) is 0 Å². The van der Waals surface area contributed by atoms with Crippen LogP contribution in [-0.2, 0) is 11.2 Å². The Labute approximate surface area is 201 Å². The van der Waals surface area contributed by atoms with Crippen molar-refractivity contribution in [2.45, 2.75) is 40.5 Å². The average molecular weight is 457 g/mol. The van der Waals surface area contributed by atoms with Gasteiger partial charge >= 0.3 is 0 Å². The number of likely N-dealkylation sites (N-methyl/N-ethyl adjacent to an activating group) is 1. The zero-order chi connectivity index (χ0) is 24.1. The molecule has 0 saturated carbocycles. The predicted octanol–water partition coefficient (Wildman–Crippen LogP) is 5.57. The molecule has 0 aliphatic rings. The molecule has 2 aromatic carbocycles. The fraction of sp³-hybridized carbons (Fsp3) is 0.321. The van der Waals surface area contributed by atoms with Crippen molar-refractivity contribution in [3.05, 3.63) is 71.9 Å². The molecule has 0 bridgehead atoms. The number of amides is 1. The lowest BCUT2D eigenvalue weighted by Gasteiger charge is -2.18. The molecule has 2 heterocycles. The number of rotatable bonds is 9. The molecular weight excluding hydrogens is 424 g/mol. The number of fused-ring (bicyclic) bond motifs is 1. The molecule has 0 fully saturated rings. The summed E-state index contributed by atoms with van der Waals surface area (Å²) in [5.74, 6) is 0.907. The summed E-state index contributed by atoms with van der Waals surface area (Å²) in [6.45, 7) is 10.2. The number of benzene rings is 2. The van der Waals surface area contributed by atoms with E-state index in [-0.39, 0.29) is 12.3 Å². The number of hydrogen-bond acceptors (Lipinski definition) is 4. The smallest absolute Gasteiger partial charge is 0.227 e. The molecule has 4 aromatic rings. The van der Waals surface area contributed by atoms with Gasteiger partial charge in [-0.15, -0.1) is 0 Å². The molecule has 4 rings (SSSR count). The largest absolute Gasteiger partial charge is 0.494 e. The number of carbonyl (C=O) groups excluding carboxylic acids is 1. The summed E-state index contributed by atoms with van der Waals surface area (Å²) >= 11 is 0. The van der Waals surface area contributed by atoms with E-state index in [1.807, 2.05) is 90.9 Å². The predicted molar refractivity (Wildman–Crippen MR) is 136 cm³/mol. The quantitative estimate of drug-likeness (QED) is 0.330. The van der Waals surface area contributed by atoms with E-state index >= 15 is 0 Å². The first-order valence-electron chi connectivity index (χ1n) is 12.0. The third-order valence-electron chi connectivity index (χ3n) is 5.98. The summed E-state index contributed by atoms with van der Waals surface area (Å²) in [6, 6.07) is 20.1. The van der Waals surface area contributed by atoms with Crippen LogP contribution in [-0.4, -0.2) is 45.1 Å². The van der Waals surface area contributed by atoms with Gasteiger partial charge in [0.25, 0.3) is 0 Å². The topological polar surface area (TPSA) is 59.7 Å². The van der Waals surface area contributed by atoms with Gasteiger partial charge in [0.1, 0.15) is 5.75 Å². The Bertz CT molecular complexity index is 1260. The zero-order valence-electron chi connectivity index (χ0n) is 20.4. The highest BCUT2D eigenvalue weighted by Gasteiger charge is 2.22. The van der Waals surface area contributed by atoms with Gasteiger partial charge in [-0.2, -0.15) is 5.10 Å². The fourth-order valence-corrected chi connectivity index (χ4v) is 4.13. The van der Waals surface area contributed by atoms with Crippen LogP contribution in [0.15, 0.2) is 60.7 Å². The summed E-state index contributed by atoms with van der Waals surface area (Å²) in [7, 11) is 0. The first-order valence-corrected chi connectivity index (χ1v) is 12.0. The fourth-order valence-electron chi connectivity index (χ4n) is 4.13. The maximum absolute atomic E-state index is 13.2. The Kier molecular flexibility index (Phi) is 7.26. The minimum Gasteiger partial charge on any atom is -0.494 e. The molecule has 1 amide bonds. The third-order valence-corrected chi connectivity index (χ3v) is 5.98. The minimum atomic E-state index is 0.0774. The second-order valence-corrected chi connectivity index (χ2v) is 8.33. The second-order valence-electron chi connectivity index (χ2n) is 8.33. The third kappa shape index (κ3) is 4.81.